The lowest BCUT2D eigenvalue weighted by molar-refractivity contribution is -0.00416. The van der Waals surface area contributed by atoms with Crippen molar-refractivity contribution in [3.63, 3.8) is 0 Å². The SMILES string of the molecule is CSCCCNC(C)(C)C(C)(C)O. The second-order valence-electron chi connectivity index (χ2n) is 4.46. The molecule has 0 unspecified atom stereocenters. The summed E-state index contributed by atoms with van der Waals surface area (Å²) in [7, 11) is 0. The van der Waals surface area contributed by atoms with Crippen LogP contribution in [0.15, 0.2) is 0 Å². The summed E-state index contributed by atoms with van der Waals surface area (Å²) in [5.74, 6) is 1.18. The van der Waals surface area contributed by atoms with E-state index in [1.54, 1.807) is 0 Å². The van der Waals surface area contributed by atoms with Crippen molar-refractivity contribution in [1.29, 1.82) is 0 Å². The molecule has 0 aromatic rings. The van der Waals surface area contributed by atoms with Gasteiger partial charge in [-0.1, -0.05) is 0 Å². The third-order valence-corrected chi connectivity index (χ3v) is 3.32. The monoisotopic (exact) mass is 205 g/mol. The Morgan fingerprint density at radius 1 is 1.23 bits per heavy atom. The molecule has 0 aromatic carbocycles. The number of nitrogens with one attached hydrogen (secondary N) is 1. The Hall–Kier alpha value is 0.270. The van der Waals surface area contributed by atoms with Crippen molar-refractivity contribution in [2.45, 2.75) is 45.3 Å². The average Bonchev–Trinajstić information content (AvgIpc) is 1.96. The normalized spacial score (nSPS) is 13.4. The molecule has 80 valence electrons. The zero-order valence-corrected chi connectivity index (χ0v) is 10.3. The second kappa shape index (κ2) is 5.23. The molecule has 0 spiro atoms. The van der Waals surface area contributed by atoms with Crippen LogP contribution in [0.2, 0.25) is 0 Å². The minimum Gasteiger partial charge on any atom is -0.389 e. The fraction of sp³-hybridized carbons (Fsp3) is 1.00. The number of hydrogen-bond donors (Lipinski definition) is 2. The van der Waals surface area contributed by atoms with Crippen molar-refractivity contribution in [2.75, 3.05) is 18.6 Å². The zero-order chi connectivity index (χ0) is 10.5. The summed E-state index contributed by atoms with van der Waals surface area (Å²) in [5, 5.41) is 13.2. The molecule has 3 heteroatoms. The van der Waals surface area contributed by atoms with Gasteiger partial charge >= 0.3 is 0 Å². The first-order valence-electron chi connectivity index (χ1n) is 4.77. The fourth-order valence-electron chi connectivity index (χ4n) is 0.834. The number of rotatable bonds is 6. The summed E-state index contributed by atoms with van der Waals surface area (Å²) in [6, 6.07) is 0. The molecule has 2 nitrogen and oxygen atoms in total. The van der Waals surface area contributed by atoms with Crippen LogP contribution in [0.1, 0.15) is 34.1 Å². The van der Waals surface area contributed by atoms with Crippen LogP contribution >= 0.6 is 11.8 Å². The maximum absolute atomic E-state index is 9.83. The third kappa shape index (κ3) is 4.89. The second-order valence-corrected chi connectivity index (χ2v) is 5.44. The Morgan fingerprint density at radius 2 is 1.77 bits per heavy atom. The van der Waals surface area contributed by atoms with Crippen molar-refractivity contribution in [3.8, 4) is 0 Å². The molecule has 0 aliphatic heterocycles. The van der Waals surface area contributed by atoms with Crippen molar-refractivity contribution in [2.24, 2.45) is 0 Å². The molecule has 0 saturated carbocycles. The maximum Gasteiger partial charge on any atom is 0.0767 e. The largest absolute Gasteiger partial charge is 0.389 e. The molecule has 0 aliphatic carbocycles. The van der Waals surface area contributed by atoms with Gasteiger partial charge in [0.15, 0.2) is 0 Å². The van der Waals surface area contributed by atoms with Crippen LogP contribution in [0.4, 0.5) is 0 Å². The van der Waals surface area contributed by atoms with Gasteiger partial charge in [0.05, 0.1) is 5.60 Å². The van der Waals surface area contributed by atoms with Crippen molar-refractivity contribution >= 4 is 11.8 Å². The summed E-state index contributed by atoms with van der Waals surface area (Å²) < 4.78 is 0. The Kier molecular flexibility index (Phi) is 5.33. The first kappa shape index (κ1) is 13.3. The third-order valence-electron chi connectivity index (χ3n) is 2.62. The van der Waals surface area contributed by atoms with E-state index >= 15 is 0 Å². The van der Waals surface area contributed by atoms with Crippen molar-refractivity contribution in [1.82, 2.24) is 5.32 Å². The van der Waals surface area contributed by atoms with Gasteiger partial charge in [-0.15, -0.1) is 0 Å². The summed E-state index contributed by atoms with van der Waals surface area (Å²) in [5.41, 5.74) is -0.891. The van der Waals surface area contributed by atoms with Gasteiger partial charge < -0.3 is 10.4 Å². The Labute approximate surface area is 86.5 Å². The molecule has 0 radical (unpaired) electrons. The Balaban J connectivity index is 3.77. The highest BCUT2D eigenvalue weighted by molar-refractivity contribution is 7.98. The summed E-state index contributed by atoms with van der Waals surface area (Å²) in [6.45, 7) is 8.72. The lowest BCUT2D eigenvalue weighted by Crippen LogP contribution is -2.56. The quantitative estimate of drug-likeness (QED) is 0.649. The van der Waals surface area contributed by atoms with Gasteiger partial charge in [0.1, 0.15) is 0 Å². The minimum atomic E-state index is -0.674. The molecular weight excluding hydrogens is 182 g/mol. The first-order chi connectivity index (χ1) is 5.81. The van der Waals surface area contributed by atoms with Gasteiger partial charge in [-0.2, -0.15) is 11.8 Å². The van der Waals surface area contributed by atoms with E-state index in [2.05, 4.69) is 11.6 Å². The molecule has 0 fully saturated rings. The van der Waals surface area contributed by atoms with Gasteiger partial charge in [-0.25, -0.2) is 0 Å². The lowest BCUT2D eigenvalue weighted by Gasteiger charge is -2.38. The van der Waals surface area contributed by atoms with Crippen molar-refractivity contribution in [3.05, 3.63) is 0 Å². The smallest absolute Gasteiger partial charge is 0.0767 e. The molecule has 0 rings (SSSR count). The molecular formula is C10H23NOS. The van der Waals surface area contributed by atoms with Gasteiger partial charge in [0.25, 0.3) is 0 Å². The summed E-state index contributed by atoms with van der Waals surface area (Å²) >= 11 is 1.86. The highest BCUT2D eigenvalue weighted by Gasteiger charge is 2.33. The van der Waals surface area contributed by atoms with Crippen LogP contribution in [-0.2, 0) is 0 Å². The molecule has 0 amide bonds. The molecule has 0 atom stereocenters. The Morgan fingerprint density at radius 3 is 2.15 bits per heavy atom. The highest BCUT2D eigenvalue weighted by atomic mass is 32.2. The van der Waals surface area contributed by atoms with Crippen molar-refractivity contribution < 1.29 is 5.11 Å². The van der Waals surface area contributed by atoms with E-state index in [0.717, 1.165) is 13.0 Å². The van der Waals surface area contributed by atoms with Crippen LogP contribution < -0.4 is 5.32 Å². The van der Waals surface area contributed by atoms with Crippen LogP contribution in [0.25, 0.3) is 0 Å². The predicted molar refractivity (Wildman–Crippen MR) is 61.4 cm³/mol. The standard InChI is InChI=1S/C10H23NOS/c1-9(2,10(3,4)12)11-7-6-8-13-5/h11-12H,6-8H2,1-5H3. The molecule has 0 aliphatic rings. The van der Waals surface area contributed by atoms with E-state index in [9.17, 15) is 5.11 Å². The van der Waals surface area contributed by atoms with E-state index in [0.29, 0.717) is 0 Å². The molecule has 0 heterocycles. The van der Waals surface area contributed by atoms with Gasteiger partial charge in [0.2, 0.25) is 0 Å². The van der Waals surface area contributed by atoms with Crippen LogP contribution in [0.3, 0.4) is 0 Å². The lowest BCUT2D eigenvalue weighted by atomic mass is 9.86. The van der Waals surface area contributed by atoms with Gasteiger partial charge in [-0.3, -0.25) is 0 Å². The van der Waals surface area contributed by atoms with E-state index in [1.807, 2.05) is 39.5 Å². The maximum atomic E-state index is 9.83. The number of aliphatic hydroxyl groups is 1. The van der Waals surface area contributed by atoms with Crippen LogP contribution in [0.5, 0.6) is 0 Å². The minimum absolute atomic E-state index is 0.217. The Bertz CT molecular complexity index is 140. The topological polar surface area (TPSA) is 32.3 Å². The first-order valence-corrected chi connectivity index (χ1v) is 6.17. The summed E-state index contributed by atoms with van der Waals surface area (Å²) in [6.07, 6.45) is 3.27. The van der Waals surface area contributed by atoms with E-state index in [4.69, 9.17) is 0 Å². The zero-order valence-electron chi connectivity index (χ0n) is 9.48. The van der Waals surface area contributed by atoms with E-state index in [1.165, 1.54) is 5.75 Å². The molecule has 0 aromatic heterocycles. The average molecular weight is 205 g/mol. The summed E-state index contributed by atoms with van der Waals surface area (Å²) in [4.78, 5) is 0. The fourth-order valence-corrected chi connectivity index (χ4v) is 1.27. The van der Waals surface area contributed by atoms with Gasteiger partial charge in [-0.05, 0) is 52.7 Å². The van der Waals surface area contributed by atoms with E-state index in [-0.39, 0.29) is 5.54 Å². The van der Waals surface area contributed by atoms with E-state index < -0.39 is 5.60 Å². The number of hydrogen-bond acceptors (Lipinski definition) is 3. The van der Waals surface area contributed by atoms with Gasteiger partial charge in [0, 0.05) is 5.54 Å². The number of thioether (sulfide) groups is 1. The molecule has 13 heavy (non-hydrogen) atoms. The predicted octanol–water partition coefficient (Wildman–Crippen LogP) is 1.88. The highest BCUT2D eigenvalue weighted by Crippen LogP contribution is 2.20. The van der Waals surface area contributed by atoms with Crippen LogP contribution in [0, 0.1) is 0 Å². The molecule has 2 N–H and O–H groups in total. The molecule has 0 bridgehead atoms. The molecule has 0 saturated heterocycles. The van der Waals surface area contributed by atoms with Crippen LogP contribution in [-0.4, -0.2) is 34.8 Å².